The number of carboxylic acid groups (broad SMARTS) is 1. The minimum atomic E-state index is -0.999. The number of amides is 1. The topological polar surface area (TPSA) is 66.4 Å². The normalized spacial score (nSPS) is 10.2. The third-order valence-electron chi connectivity index (χ3n) is 2.89. The van der Waals surface area contributed by atoms with Gasteiger partial charge in [-0.05, 0) is 48.9 Å². The molecule has 2 aromatic carbocycles. The van der Waals surface area contributed by atoms with Crippen molar-refractivity contribution in [1.29, 1.82) is 0 Å². The van der Waals surface area contributed by atoms with Crippen LogP contribution in [-0.4, -0.2) is 17.0 Å². The Morgan fingerprint density at radius 3 is 2.38 bits per heavy atom. The van der Waals surface area contributed by atoms with E-state index < -0.39 is 5.97 Å². The maximum atomic E-state index is 12.1. The van der Waals surface area contributed by atoms with Crippen LogP contribution < -0.4 is 5.32 Å². The first-order valence-corrected chi connectivity index (χ1v) is 7.16. The molecule has 2 rings (SSSR count). The van der Waals surface area contributed by atoms with Crippen molar-refractivity contribution in [3.63, 3.8) is 0 Å². The van der Waals surface area contributed by atoms with E-state index in [2.05, 4.69) is 21.2 Å². The number of hydrogen-bond donors (Lipinski definition) is 2. The fourth-order valence-corrected chi connectivity index (χ4v) is 2.61. The summed E-state index contributed by atoms with van der Waals surface area (Å²) in [5, 5.41) is 12.0. The Labute approximate surface area is 134 Å². The van der Waals surface area contributed by atoms with Gasteiger partial charge >= 0.3 is 5.97 Å². The van der Waals surface area contributed by atoms with Crippen molar-refractivity contribution in [1.82, 2.24) is 0 Å². The van der Waals surface area contributed by atoms with Crippen molar-refractivity contribution in [2.45, 2.75) is 6.92 Å². The molecule has 2 aromatic rings. The van der Waals surface area contributed by atoms with Crippen LogP contribution in [0.5, 0.6) is 0 Å². The molecule has 108 valence electrons. The molecule has 0 saturated carbocycles. The zero-order valence-electron chi connectivity index (χ0n) is 11.0. The smallest absolute Gasteiger partial charge is 0.335 e. The highest BCUT2D eigenvalue weighted by molar-refractivity contribution is 9.10. The standard InChI is InChI=1S/C15H11BrClNO3/c1-8-6-10(3-5-11(8)15(20)21)18-14(19)12-4-2-9(16)7-13(12)17/h2-7H,1H3,(H,18,19)(H,20,21). The monoisotopic (exact) mass is 367 g/mol. The SMILES string of the molecule is Cc1cc(NC(=O)c2ccc(Br)cc2Cl)ccc1C(=O)O. The van der Waals surface area contributed by atoms with Crippen molar-refractivity contribution in [3.8, 4) is 0 Å². The molecule has 0 unspecified atom stereocenters. The number of anilines is 1. The Bertz CT molecular complexity index is 731. The maximum absolute atomic E-state index is 12.1. The Kier molecular flexibility index (Phi) is 4.65. The molecule has 0 aromatic heterocycles. The molecule has 0 fully saturated rings. The first-order valence-electron chi connectivity index (χ1n) is 5.99. The summed E-state index contributed by atoms with van der Waals surface area (Å²) >= 11 is 9.29. The van der Waals surface area contributed by atoms with Crippen LogP contribution in [0, 0.1) is 6.92 Å². The summed E-state index contributed by atoms with van der Waals surface area (Å²) in [6.45, 7) is 1.67. The number of carbonyl (C=O) groups is 2. The molecule has 0 aliphatic carbocycles. The summed E-state index contributed by atoms with van der Waals surface area (Å²) in [5.74, 6) is -1.35. The summed E-state index contributed by atoms with van der Waals surface area (Å²) in [5.41, 5.74) is 1.64. The highest BCUT2D eigenvalue weighted by atomic mass is 79.9. The molecule has 6 heteroatoms. The number of benzene rings is 2. The molecule has 0 saturated heterocycles. The third-order valence-corrected chi connectivity index (χ3v) is 3.70. The molecule has 0 bridgehead atoms. The van der Waals surface area contributed by atoms with E-state index in [0.29, 0.717) is 21.8 Å². The summed E-state index contributed by atoms with van der Waals surface area (Å²) in [7, 11) is 0. The molecular formula is C15H11BrClNO3. The number of halogens is 2. The number of hydrogen-bond acceptors (Lipinski definition) is 2. The first kappa shape index (κ1) is 15.5. The highest BCUT2D eigenvalue weighted by Gasteiger charge is 2.12. The highest BCUT2D eigenvalue weighted by Crippen LogP contribution is 2.23. The minimum Gasteiger partial charge on any atom is -0.478 e. The van der Waals surface area contributed by atoms with Gasteiger partial charge in [-0.15, -0.1) is 0 Å². The number of aromatic carboxylic acids is 1. The average molecular weight is 369 g/mol. The molecule has 4 nitrogen and oxygen atoms in total. The lowest BCUT2D eigenvalue weighted by Crippen LogP contribution is -2.13. The Balaban J connectivity index is 2.23. The Hall–Kier alpha value is -1.85. The average Bonchev–Trinajstić information content (AvgIpc) is 2.37. The summed E-state index contributed by atoms with van der Waals surface area (Å²) < 4.78 is 0.783. The van der Waals surface area contributed by atoms with E-state index in [0.717, 1.165) is 4.47 Å². The number of nitrogens with one attached hydrogen (secondary N) is 1. The quantitative estimate of drug-likeness (QED) is 0.846. The third kappa shape index (κ3) is 3.62. The fraction of sp³-hybridized carbons (Fsp3) is 0.0667. The van der Waals surface area contributed by atoms with E-state index in [9.17, 15) is 9.59 Å². The predicted molar refractivity (Wildman–Crippen MR) is 85.2 cm³/mol. The maximum Gasteiger partial charge on any atom is 0.335 e. The van der Waals surface area contributed by atoms with E-state index >= 15 is 0 Å². The molecule has 0 aliphatic heterocycles. The van der Waals surface area contributed by atoms with E-state index in [1.54, 1.807) is 37.3 Å². The Morgan fingerprint density at radius 2 is 1.81 bits per heavy atom. The zero-order valence-corrected chi connectivity index (χ0v) is 13.3. The summed E-state index contributed by atoms with van der Waals surface area (Å²) in [6.07, 6.45) is 0. The van der Waals surface area contributed by atoms with Gasteiger partial charge in [0, 0.05) is 10.2 Å². The molecule has 2 N–H and O–H groups in total. The van der Waals surface area contributed by atoms with Crippen LogP contribution in [0.3, 0.4) is 0 Å². The van der Waals surface area contributed by atoms with Crippen molar-refractivity contribution in [3.05, 3.63) is 62.6 Å². The van der Waals surface area contributed by atoms with E-state index in [1.165, 1.54) is 6.07 Å². The van der Waals surface area contributed by atoms with Crippen LogP contribution >= 0.6 is 27.5 Å². The van der Waals surface area contributed by atoms with Gasteiger partial charge in [-0.3, -0.25) is 4.79 Å². The second kappa shape index (κ2) is 6.28. The number of carboxylic acids is 1. The molecule has 0 aliphatic rings. The summed E-state index contributed by atoms with van der Waals surface area (Å²) in [4.78, 5) is 23.1. The lowest BCUT2D eigenvalue weighted by atomic mass is 10.1. The lowest BCUT2D eigenvalue weighted by Gasteiger charge is -2.09. The van der Waals surface area contributed by atoms with Gasteiger partial charge < -0.3 is 10.4 Å². The van der Waals surface area contributed by atoms with Crippen LogP contribution in [-0.2, 0) is 0 Å². The van der Waals surface area contributed by atoms with Crippen molar-refractivity contribution in [2.24, 2.45) is 0 Å². The number of carbonyl (C=O) groups excluding carboxylic acids is 1. The molecule has 0 heterocycles. The minimum absolute atomic E-state index is 0.203. The van der Waals surface area contributed by atoms with E-state index in [-0.39, 0.29) is 11.5 Å². The summed E-state index contributed by atoms with van der Waals surface area (Å²) in [6, 6.07) is 9.57. The van der Waals surface area contributed by atoms with Crippen LogP contribution in [0.2, 0.25) is 5.02 Å². The molecule has 1 amide bonds. The van der Waals surface area contributed by atoms with Gasteiger partial charge in [0.05, 0.1) is 16.1 Å². The molecule has 0 radical (unpaired) electrons. The van der Waals surface area contributed by atoms with Crippen LogP contribution in [0.15, 0.2) is 40.9 Å². The lowest BCUT2D eigenvalue weighted by molar-refractivity contribution is 0.0696. The first-order chi connectivity index (χ1) is 9.88. The van der Waals surface area contributed by atoms with Crippen molar-refractivity contribution in [2.75, 3.05) is 5.32 Å². The molecule has 0 atom stereocenters. The van der Waals surface area contributed by atoms with Gasteiger partial charge in [0.2, 0.25) is 0 Å². The largest absolute Gasteiger partial charge is 0.478 e. The fourth-order valence-electron chi connectivity index (χ4n) is 1.85. The van der Waals surface area contributed by atoms with E-state index in [4.69, 9.17) is 16.7 Å². The van der Waals surface area contributed by atoms with E-state index in [1.807, 2.05) is 0 Å². The second-order valence-electron chi connectivity index (χ2n) is 4.41. The Morgan fingerprint density at radius 1 is 1.14 bits per heavy atom. The molecule has 21 heavy (non-hydrogen) atoms. The predicted octanol–water partition coefficient (Wildman–Crippen LogP) is 4.36. The van der Waals surface area contributed by atoms with Crippen molar-refractivity contribution >= 4 is 45.1 Å². The number of rotatable bonds is 3. The van der Waals surface area contributed by atoms with Gasteiger partial charge in [0.1, 0.15) is 0 Å². The van der Waals surface area contributed by atoms with Gasteiger partial charge in [0.15, 0.2) is 0 Å². The van der Waals surface area contributed by atoms with Gasteiger partial charge in [-0.1, -0.05) is 27.5 Å². The molecular weight excluding hydrogens is 358 g/mol. The van der Waals surface area contributed by atoms with Crippen LogP contribution in [0.25, 0.3) is 0 Å². The number of aryl methyl sites for hydroxylation is 1. The zero-order chi connectivity index (χ0) is 15.6. The van der Waals surface area contributed by atoms with Crippen molar-refractivity contribution < 1.29 is 14.7 Å². The van der Waals surface area contributed by atoms with Gasteiger partial charge in [0.25, 0.3) is 5.91 Å². The second-order valence-corrected chi connectivity index (χ2v) is 5.74. The van der Waals surface area contributed by atoms with Gasteiger partial charge in [-0.25, -0.2) is 4.79 Å². The van der Waals surface area contributed by atoms with Gasteiger partial charge in [-0.2, -0.15) is 0 Å². The van der Waals surface area contributed by atoms with Crippen LogP contribution in [0.4, 0.5) is 5.69 Å². The van der Waals surface area contributed by atoms with Crippen LogP contribution in [0.1, 0.15) is 26.3 Å². The molecule has 0 spiro atoms.